The van der Waals surface area contributed by atoms with E-state index in [0.29, 0.717) is 10.0 Å². The highest BCUT2D eigenvalue weighted by atomic mass is 32.1. The molecule has 0 aliphatic rings. The molecule has 1 aromatic heterocycles. The Labute approximate surface area is 108 Å². The molecule has 1 heterocycles. The summed E-state index contributed by atoms with van der Waals surface area (Å²) in [5, 5.41) is 3.19. The molecule has 0 radical (unpaired) electrons. The van der Waals surface area contributed by atoms with E-state index in [0.717, 1.165) is 0 Å². The van der Waals surface area contributed by atoms with Crippen LogP contribution in [0.2, 0.25) is 0 Å². The fourth-order valence-corrected chi connectivity index (χ4v) is 1.89. The molecule has 1 aromatic rings. The number of aromatic nitrogens is 1. The summed E-state index contributed by atoms with van der Waals surface area (Å²) >= 11 is 1.19. The van der Waals surface area contributed by atoms with Crippen LogP contribution < -0.4 is 21.7 Å². The largest absolute Gasteiger partial charge is 0.448 e. The minimum absolute atomic E-state index is 0.0142. The predicted molar refractivity (Wildman–Crippen MR) is 68.7 cm³/mol. The highest BCUT2D eigenvalue weighted by Crippen LogP contribution is 2.26. The van der Waals surface area contributed by atoms with Gasteiger partial charge in [0.1, 0.15) is 17.3 Å². The first-order valence-electron chi connectivity index (χ1n) is 5.06. The molecule has 0 aliphatic carbocycles. The van der Waals surface area contributed by atoms with E-state index in [2.05, 4.69) is 15.0 Å². The second-order valence-electron chi connectivity index (χ2n) is 3.53. The molecule has 0 unspecified atom stereocenters. The number of nitrogen functional groups attached to an aromatic ring is 1. The molecule has 9 heteroatoms. The predicted octanol–water partition coefficient (Wildman–Crippen LogP) is -0.384. The molecular formula is C9H15N5O3S. The van der Waals surface area contributed by atoms with E-state index in [9.17, 15) is 9.59 Å². The summed E-state index contributed by atoms with van der Waals surface area (Å²) in [6, 6.07) is 0. The topological polar surface area (TPSA) is 124 Å². The van der Waals surface area contributed by atoms with Crippen molar-refractivity contribution in [3.63, 3.8) is 0 Å². The third-order valence-corrected chi connectivity index (χ3v) is 3.10. The van der Waals surface area contributed by atoms with E-state index < -0.39 is 6.09 Å². The van der Waals surface area contributed by atoms with Gasteiger partial charge in [0.15, 0.2) is 5.13 Å². The van der Waals surface area contributed by atoms with Crippen molar-refractivity contribution in [1.82, 2.24) is 10.3 Å². The summed E-state index contributed by atoms with van der Waals surface area (Å²) in [6.07, 6.45) is -0.878. The highest BCUT2D eigenvalue weighted by Gasteiger charge is 2.16. The van der Waals surface area contributed by atoms with Crippen LogP contribution >= 0.6 is 11.3 Å². The quantitative estimate of drug-likeness (QED) is 0.628. The molecule has 0 saturated heterocycles. The van der Waals surface area contributed by atoms with Gasteiger partial charge in [0.2, 0.25) is 0 Å². The van der Waals surface area contributed by atoms with E-state index >= 15 is 0 Å². The van der Waals surface area contributed by atoms with Gasteiger partial charge in [-0.1, -0.05) is 11.3 Å². The van der Waals surface area contributed by atoms with Crippen LogP contribution in [0.3, 0.4) is 0 Å². The third kappa shape index (κ3) is 3.77. The number of nitrogens with two attached hydrogens (primary N) is 2. The van der Waals surface area contributed by atoms with Gasteiger partial charge in [0.25, 0.3) is 5.91 Å². The van der Waals surface area contributed by atoms with Gasteiger partial charge < -0.3 is 26.4 Å². The summed E-state index contributed by atoms with van der Waals surface area (Å²) in [6.45, 7) is 0.177. The first-order chi connectivity index (χ1) is 8.41. The van der Waals surface area contributed by atoms with E-state index in [1.54, 1.807) is 19.0 Å². The number of amides is 2. The number of carbonyl (C=O) groups is 2. The number of nitrogens with zero attached hydrogens (tertiary/aromatic N) is 2. The molecule has 0 bridgehead atoms. The number of hydrogen-bond acceptors (Lipinski definition) is 7. The summed E-state index contributed by atoms with van der Waals surface area (Å²) in [4.78, 5) is 28.2. The number of nitrogens with one attached hydrogen (secondary N) is 1. The molecule has 0 spiro atoms. The van der Waals surface area contributed by atoms with Crippen molar-refractivity contribution >= 4 is 34.3 Å². The molecule has 1 rings (SSSR count). The number of rotatable bonds is 5. The summed E-state index contributed by atoms with van der Waals surface area (Å²) in [7, 11) is 3.61. The van der Waals surface area contributed by atoms with Crippen LogP contribution in [0.25, 0.3) is 0 Å². The Kier molecular flexibility index (Phi) is 4.72. The second kappa shape index (κ2) is 6.05. The molecule has 0 fully saturated rings. The van der Waals surface area contributed by atoms with Crippen molar-refractivity contribution < 1.29 is 14.3 Å². The normalized spacial score (nSPS) is 9.89. The molecule has 0 aromatic carbocycles. The number of anilines is 2. The van der Waals surface area contributed by atoms with Crippen LogP contribution in [0.4, 0.5) is 15.7 Å². The van der Waals surface area contributed by atoms with Gasteiger partial charge in [-0.2, -0.15) is 0 Å². The van der Waals surface area contributed by atoms with Crippen molar-refractivity contribution in [2.24, 2.45) is 5.73 Å². The lowest BCUT2D eigenvalue weighted by atomic mass is 10.4. The second-order valence-corrected chi connectivity index (χ2v) is 4.51. The SMILES string of the molecule is CN(C)c1nc(N)c(C(=O)NCCOC(N)=O)s1. The van der Waals surface area contributed by atoms with Crippen molar-refractivity contribution in [3.8, 4) is 0 Å². The van der Waals surface area contributed by atoms with E-state index in [1.807, 2.05) is 0 Å². The van der Waals surface area contributed by atoms with Crippen LogP contribution in [0.15, 0.2) is 0 Å². The standard InChI is InChI=1S/C9H15N5O3S/c1-14(2)9-13-6(10)5(18-9)7(15)12-3-4-17-8(11)16/h3-4,10H2,1-2H3,(H2,11,16)(H,12,15). The molecule has 8 nitrogen and oxygen atoms in total. The fourth-order valence-electron chi connectivity index (χ4n) is 1.07. The van der Waals surface area contributed by atoms with Gasteiger partial charge >= 0.3 is 6.09 Å². The Morgan fingerprint density at radius 2 is 2.17 bits per heavy atom. The van der Waals surface area contributed by atoms with Crippen molar-refractivity contribution in [1.29, 1.82) is 0 Å². The first kappa shape index (κ1) is 14.0. The van der Waals surface area contributed by atoms with Crippen molar-refractivity contribution in [2.75, 3.05) is 37.9 Å². The van der Waals surface area contributed by atoms with Gasteiger partial charge in [-0.25, -0.2) is 9.78 Å². The number of carbonyl (C=O) groups excluding carboxylic acids is 2. The molecule has 18 heavy (non-hydrogen) atoms. The van der Waals surface area contributed by atoms with Crippen molar-refractivity contribution in [3.05, 3.63) is 4.88 Å². The maximum Gasteiger partial charge on any atom is 0.404 e. The molecule has 0 saturated carbocycles. The Morgan fingerprint density at radius 3 is 2.67 bits per heavy atom. The highest BCUT2D eigenvalue weighted by molar-refractivity contribution is 7.18. The first-order valence-corrected chi connectivity index (χ1v) is 5.87. The van der Waals surface area contributed by atoms with E-state index in [-0.39, 0.29) is 24.9 Å². The lowest BCUT2D eigenvalue weighted by molar-refractivity contribution is 0.0941. The Balaban J connectivity index is 2.53. The average Bonchev–Trinajstić information content (AvgIpc) is 2.66. The molecule has 0 atom stereocenters. The van der Waals surface area contributed by atoms with Crippen LogP contribution in [-0.2, 0) is 4.74 Å². The average molecular weight is 273 g/mol. The maximum atomic E-state index is 11.7. The van der Waals surface area contributed by atoms with Gasteiger partial charge in [-0.3, -0.25) is 4.79 Å². The summed E-state index contributed by atoms with van der Waals surface area (Å²) < 4.78 is 4.47. The minimum atomic E-state index is -0.878. The number of ether oxygens (including phenoxy) is 1. The molecule has 2 amide bonds. The zero-order valence-electron chi connectivity index (χ0n) is 10.1. The van der Waals surface area contributed by atoms with Gasteiger partial charge in [0, 0.05) is 14.1 Å². The third-order valence-electron chi connectivity index (χ3n) is 1.86. The smallest absolute Gasteiger partial charge is 0.404 e. The zero-order chi connectivity index (χ0) is 13.7. The lowest BCUT2D eigenvalue weighted by Crippen LogP contribution is -2.28. The van der Waals surface area contributed by atoms with Gasteiger partial charge in [-0.05, 0) is 0 Å². The van der Waals surface area contributed by atoms with Crippen molar-refractivity contribution in [2.45, 2.75) is 0 Å². The molecule has 0 aliphatic heterocycles. The summed E-state index contributed by atoms with van der Waals surface area (Å²) in [5.74, 6) is -0.178. The number of thiazole rings is 1. The maximum absolute atomic E-state index is 11.7. The van der Waals surface area contributed by atoms with Crippen LogP contribution in [0.5, 0.6) is 0 Å². The Morgan fingerprint density at radius 1 is 1.50 bits per heavy atom. The van der Waals surface area contributed by atoms with E-state index in [4.69, 9.17) is 11.5 Å². The minimum Gasteiger partial charge on any atom is -0.448 e. The van der Waals surface area contributed by atoms with Crippen LogP contribution in [0, 0.1) is 0 Å². The fraction of sp³-hybridized carbons (Fsp3) is 0.444. The zero-order valence-corrected chi connectivity index (χ0v) is 10.9. The van der Waals surface area contributed by atoms with Gasteiger partial charge in [0.05, 0.1) is 6.54 Å². The van der Waals surface area contributed by atoms with Gasteiger partial charge in [-0.15, -0.1) is 0 Å². The molecule has 100 valence electrons. The van der Waals surface area contributed by atoms with Crippen LogP contribution in [-0.4, -0.2) is 44.2 Å². The Hall–Kier alpha value is -2.03. The summed E-state index contributed by atoms with van der Waals surface area (Å²) in [5.41, 5.74) is 10.4. The number of hydrogen-bond donors (Lipinski definition) is 3. The lowest BCUT2D eigenvalue weighted by Gasteiger charge is -2.05. The van der Waals surface area contributed by atoms with Crippen LogP contribution in [0.1, 0.15) is 9.67 Å². The monoisotopic (exact) mass is 273 g/mol. The Bertz CT molecular complexity index is 445. The molecule has 5 N–H and O–H groups in total. The molecular weight excluding hydrogens is 258 g/mol. The van der Waals surface area contributed by atoms with E-state index in [1.165, 1.54) is 11.3 Å². The number of primary amides is 1.